The van der Waals surface area contributed by atoms with Gasteiger partial charge in [0.25, 0.3) is 11.8 Å². The number of hydrogen-bond acceptors (Lipinski definition) is 14. The number of carboxylic acid groups (broad SMARTS) is 3. The number of aliphatic hydroxyl groups excluding tert-OH is 1. The highest BCUT2D eigenvalue weighted by atomic mass is 16.4. The molecule has 8 atom stereocenters. The number of hydrogen-bond donors (Lipinski definition) is 10. The Morgan fingerprint density at radius 1 is 0.520 bits per heavy atom. The van der Waals surface area contributed by atoms with Crippen LogP contribution in [-0.2, 0) is 56.0 Å². The van der Waals surface area contributed by atoms with Gasteiger partial charge in [-0.3, -0.25) is 62.8 Å². The fraction of sp³-hybridized carbons (Fsp3) is 0.353. The van der Waals surface area contributed by atoms with Gasteiger partial charge in [-0.15, -0.1) is 0 Å². The predicted octanol–water partition coefficient (Wildman–Crippen LogP) is -0.0168. The number of imide groups is 1. The smallest absolute Gasteiger partial charge is 0.326 e. The molecular formula is C51H57N9O15. The van der Waals surface area contributed by atoms with Crippen LogP contribution in [0.4, 0.5) is 0 Å². The van der Waals surface area contributed by atoms with Gasteiger partial charge in [0.05, 0.1) is 30.3 Å². The van der Waals surface area contributed by atoms with Gasteiger partial charge in [-0.05, 0) is 61.6 Å². The van der Waals surface area contributed by atoms with Crippen LogP contribution < -0.4 is 31.9 Å². The number of aliphatic hydroxyl groups is 1. The molecule has 8 amide bonds. The summed E-state index contributed by atoms with van der Waals surface area (Å²) < 4.78 is 0. The Kier molecular flexibility index (Phi) is 19.9. The van der Waals surface area contributed by atoms with Crippen molar-refractivity contribution in [3.05, 3.63) is 120 Å². The second-order valence-corrected chi connectivity index (χ2v) is 18.1. The van der Waals surface area contributed by atoms with Crippen molar-refractivity contribution in [3.8, 4) is 11.4 Å². The van der Waals surface area contributed by atoms with E-state index in [1.54, 1.807) is 74.5 Å². The summed E-state index contributed by atoms with van der Waals surface area (Å²) in [6, 6.07) is 10.00. The molecule has 4 bridgehead atoms. The van der Waals surface area contributed by atoms with E-state index in [2.05, 4.69) is 41.9 Å². The lowest BCUT2D eigenvalue weighted by atomic mass is 10.00. The lowest BCUT2D eigenvalue weighted by Crippen LogP contribution is -2.62. The van der Waals surface area contributed by atoms with Crippen LogP contribution in [0.15, 0.2) is 97.3 Å². The van der Waals surface area contributed by atoms with Crippen LogP contribution >= 0.6 is 0 Å². The number of aliphatic carboxylic acids is 3. The summed E-state index contributed by atoms with van der Waals surface area (Å²) in [7, 11) is 0. The Bertz CT molecular complexity index is 2740. The summed E-state index contributed by atoms with van der Waals surface area (Å²) in [6.07, 6.45) is -1.70. The summed E-state index contributed by atoms with van der Waals surface area (Å²) in [5.74, 6) is -13.7. The highest BCUT2D eigenvalue weighted by Crippen LogP contribution is 2.25. The van der Waals surface area contributed by atoms with Crippen molar-refractivity contribution in [2.45, 2.75) is 108 Å². The molecule has 1 aliphatic rings. The molecule has 0 aliphatic carbocycles. The molecule has 10 N–H and O–H groups in total. The predicted molar refractivity (Wildman–Crippen MR) is 263 cm³/mol. The van der Waals surface area contributed by atoms with Crippen molar-refractivity contribution < 1.29 is 73.2 Å². The first kappa shape index (κ1) is 57.0. The molecule has 3 heterocycles. The maximum atomic E-state index is 14.6. The molecule has 0 unspecified atom stereocenters. The third kappa shape index (κ3) is 16.0. The van der Waals surface area contributed by atoms with Gasteiger partial charge >= 0.3 is 17.9 Å². The molecule has 5 rings (SSSR count). The fourth-order valence-corrected chi connectivity index (χ4v) is 7.86. The van der Waals surface area contributed by atoms with E-state index in [1.165, 1.54) is 36.7 Å². The maximum absolute atomic E-state index is 14.6. The van der Waals surface area contributed by atoms with Crippen LogP contribution in [-0.4, -0.2) is 149 Å². The van der Waals surface area contributed by atoms with Crippen molar-refractivity contribution in [2.75, 3.05) is 0 Å². The number of carboxylic acids is 3. The largest absolute Gasteiger partial charge is 0.481 e. The third-order valence-electron chi connectivity index (χ3n) is 11.7. The van der Waals surface area contributed by atoms with Crippen LogP contribution in [0.2, 0.25) is 0 Å². The Morgan fingerprint density at radius 2 is 0.960 bits per heavy atom. The number of rotatable bonds is 25. The number of aromatic nitrogens is 2. The quantitative estimate of drug-likeness (QED) is 0.0390. The summed E-state index contributed by atoms with van der Waals surface area (Å²) in [5.41, 5.74) is 1.55. The highest BCUT2D eigenvalue weighted by Gasteiger charge is 2.41. The van der Waals surface area contributed by atoms with Crippen LogP contribution in [0.1, 0.15) is 78.8 Å². The number of nitrogens with one attached hydrogen (secondary N) is 6. The number of amides is 8. The molecule has 0 saturated carbocycles. The minimum Gasteiger partial charge on any atom is -0.481 e. The van der Waals surface area contributed by atoms with E-state index in [-0.39, 0.29) is 47.7 Å². The van der Waals surface area contributed by atoms with E-state index in [4.69, 9.17) is 0 Å². The zero-order chi connectivity index (χ0) is 55.1. The number of fused-ring (bicyclic) bond motifs is 5. The molecule has 0 radical (unpaired) electrons. The lowest BCUT2D eigenvalue weighted by Gasteiger charge is -2.32. The highest BCUT2D eigenvalue weighted by molar-refractivity contribution is 6.14. The molecule has 0 fully saturated rings. The van der Waals surface area contributed by atoms with Gasteiger partial charge in [-0.1, -0.05) is 74.5 Å². The number of carbonyl (C=O) groups excluding carboxylic acids is 8. The first-order valence-corrected chi connectivity index (χ1v) is 23.6. The van der Waals surface area contributed by atoms with Gasteiger partial charge < -0.3 is 52.3 Å². The Hall–Kier alpha value is -8.93. The molecule has 24 heteroatoms. The molecule has 2 aromatic heterocycles. The SMILES string of the molecule is CC(C)C[C@H](NC(=O)[C@@H](NC(=O)[C@H](Cc1ccccc1)N1C(=O)c2ccnc(c2)-c2cc(ccn2)C1=O)[C@@H](C)O)C(=O)N[C@@H](CC(=O)O)C(=O)N[C@@H](C)C(=O)N[C@@H](CC(=O)O)C(=O)N[C@@H](Cc1ccccc1)C(=O)O. The first-order valence-electron chi connectivity index (χ1n) is 23.6. The van der Waals surface area contributed by atoms with Gasteiger partial charge in [0.2, 0.25) is 35.4 Å². The van der Waals surface area contributed by atoms with Crippen LogP contribution in [0.5, 0.6) is 0 Å². The monoisotopic (exact) mass is 1040 g/mol. The van der Waals surface area contributed by atoms with Crippen molar-refractivity contribution in [3.63, 3.8) is 0 Å². The topological polar surface area (TPSA) is 370 Å². The maximum Gasteiger partial charge on any atom is 0.326 e. The summed E-state index contributed by atoms with van der Waals surface area (Å²) in [4.78, 5) is 156. The second kappa shape index (κ2) is 26.1. The Balaban J connectivity index is 1.32. The van der Waals surface area contributed by atoms with Gasteiger partial charge in [0.15, 0.2) is 0 Å². The zero-order valence-corrected chi connectivity index (χ0v) is 41.1. The molecule has 75 heavy (non-hydrogen) atoms. The van der Waals surface area contributed by atoms with Gasteiger partial charge in [-0.25, -0.2) is 4.79 Å². The average molecular weight is 1040 g/mol. The van der Waals surface area contributed by atoms with E-state index in [9.17, 15) is 73.2 Å². The van der Waals surface area contributed by atoms with Crippen LogP contribution in [0.3, 0.4) is 0 Å². The Morgan fingerprint density at radius 3 is 1.43 bits per heavy atom. The van der Waals surface area contributed by atoms with E-state index < -0.39 is 126 Å². The van der Waals surface area contributed by atoms with Crippen LogP contribution in [0.25, 0.3) is 11.4 Å². The molecule has 396 valence electrons. The van der Waals surface area contributed by atoms with Crippen LogP contribution in [0, 0.1) is 5.92 Å². The number of benzene rings is 2. The number of carbonyl (C=O) groups is 11. The van der Waals surface area contributed by atoms with Crippen molar-refractivity contribution >= 4 is 65.2 Å². The molecule has 0 saturated heterocycles. The minimum absolute atomic E-state index is 0.0141. The minimum atomic E-state index is -1.93. The van der Waals surface area contributed by atoms with Gasteiger partial charge in [0.1, 0.15) is 42.3 Å². The van der Waals surface area contributed by atoms with E-state index >= 15 is 0 Å². The van der Waals surface area contributed by atoms with Crippen molar-refractivity contribution in [1.82, 2.24) is 46.8 Å². The number of pyridine rings is 2. The first-order chi connectivity index (χ1) is 35.5. The normalized spacial score (nSPS) is 15.1. The second-order valence-electron chi connectivity index (χ2n) is 18.1. The van der Waals surface area contributed by atoms with Gasteiger partial charge in [-0.2, -0.15) is 0 Å². The molecule has 2 aromatic carbocycles. The summed E-state index contributed by atoms with van der Waals surface area (Å²) in [6.45, 7) is 5.58. The standard InChI is InChI=1S/C51H57N9O15/c1-26(2)19-35(45(68)56-36(24-40(62)63)44(67)54-27(3)43(66)55-37(25-41(64)65)46(69)58-38(51(74)75)20-29-11-7-5-8-12-29)57-48(71)42(28(4)61)59-47(70)39(21-30-13-9-6-10-14-30)60-49(72)31-15-17-52-33(22-31)34-23-32(50(60)73)16-18-53-34/h5-18,22-23,26-28,35-39,42,61H,19-21,24-25H2,1-4H3,(H,54,67)(H,55,66)(H,56,68)(H,57,71)(H,58,69)(H,59,70)(H,62,63)(H,64,65)(H,74,75)/t27-,28+,35-,36-,37-,38-,39-,42-/m0/s1. The van der Waals surface area contributed by atoms with E-state index in [1.807, 2.05) is 0 Å². The summed E-state index contributed by atoms with van der Waals surface area (Å²) in [5, 5.41) is 53.7. The van der Waals surface area contributed by atoms with E-state index in [0.717, 1.165) is 18.7 Å². The molecule has 4 aromatic rings. The number of nitrogens with zero attached hydrogens (tertiary/aromatic N) is 3. The molecule has 1 aliphatic heterocycles. The lowest BCUT2D eigenvalue weighted by molar-refractivity contribution is -0.143. The van der Waals surface area contributed by atoms with Crippen molar-refractivity contribution in [2.24, 2.45) is 5.92 Å². The molecule has 24 nitrogen and oxygen atoms in total. The van der Waals surface area contributed by atoms with Crippen molar-refractivity contribution in [1.29, 1.82) is 0 Å². The fourth-order valence-electron chi connectivity index (χ4n) is 7.86. The third-order valence-corrected chi connectivity index (χ3v) is 11.7. The molecule has 0 spiro atoms. The average Bonchev–Trinajstić information content (AvgIpc) is 3.37. The molecular weight excluding hydrogens is 979 g/mol. The summed E-state index contributed by atoms with van der Waals surface area (Å²) >= 11 is 0. The zero-order valence-electron chi connectivity index (χ0n) is 41.1. The van der Waals surface area contributed by atoms with Gasteiger partial charge in [0, 0.05) is 36.4 Å². The Labute approximate surface area is 429 Å². The van der Waals surface area contributed by atoms with E-state index in [0.29, 0.717) is 11.1 Å².